The molecule has 9 heteroatoms. The Bertz CT molecular complexity index is 1200. The van der Waals surface area contributed by atoms with E-state index in [0.29, 0.717) is 48.3 Å². The number of benzene rings is 2. The molecular weight excluding hydrogens is 530 g/mol. The van der Waals surface area contributed by atoms with Crippen LogP contribution in [0.15, 0.2) is 36.9 Å². The first-order valence-corrected chi connectivity index (χ1v) is 13.8. The molecule has 2 unspecified atom stereocenters. The van der Waals surface area contributed by atoms with Crippen LogP contribution >= 0.6 is 23.2 Å². The van der Waals surface area contributed by atoms with Gasteiger partial charge in [0.2, 0.25) is 0 Å². The molecule has 1 heterocycles. The van der Waals surface area contributed by atoms with Crippen LogP contribution in [0, 0.1) is 11.7 Å². The van der Waals surface area contributed by atoms with Gasteiger partial charge in [-0.25, -0.2) is 9.18 Å². The number of aliphatic carboxylic acids is 1. The number of amides is 1. The molecule has 0 bridgehead atoms. The Hall–Kier alpha value is -2.77. The molecule has 1 aliphatic carbocycles. The highest BCUT2D eigenvalue weighted by Crippen LogP contribution is 2.45. The van der Waals surface area contributed by atoms with Gasteiger partial charge in [0.05, 0.1) is 12.2 Å². The SMILES string of the molecule is C=C(NCCC(CC)COc1cc(F)c(C(=O)N2CCCC2C(=O)O)cc1C1CC1)c1cc(Cl)cc(Cl)c1. The normalized spacial score (nSPS) is 17.8. The molecule has 2 N–H and O–H groups in total. The number of carbonyl (C=O) groups excluding carboxylic acids is 1. The Labute approximate surface area is 232 Å². The number of ether oxygens (including phenoxy) is 1. The summed E-state index contributed by atoms with van der Waals surface area (Å²) >= 11 is 12.2. The molecule has 2 atom stereocenters. The predicted octanol–water partition coefficient (Wildman–Crippen LogP) is 6.75. The first-order valence-electron chi connectivity index (χ1n) is 13.1. The third-order valence-corrected chi connectivity index (χ3v) is 7.74. The minimum absolute atomic E-state index is 0.0803. The van der Waals surface area contributed by atoms with E-state index in [1.54, 1.807) is 24.3 Å². The summed E-state index contributed by atoms with van der Waals surface area (Å²) in [5, 5.41) is 13.8. The highest BCUT2D eigenvalue weighted by Gasteiger charge is 2.37. The van der Waals surface area contributed by atoms with Crippen LogP contribution in [0.25, 0.3) is 5.70 Å². The third kappa shape index (κ3) is 6.80. The van der Waals surface area contributed by atoms with Gasteiger partial charge in [-0.3, -0.25) is 4.79 Å². The number of rotatable bonds is 12. The van der Waals surface area contributed by atoms with Crippen molar-refractivity contribution in [3.05, 3.63) is 69.5 Å². The molecule has 2 aromatic carbocycles. The molecule has 4 rings (SSSR count). The number of hydrogen-bond donors (Lipinski definition) is 2. The van der Waals surface area contributed by atoms with E-state index < -0.39 is 23.7 Å². The van der Waals surface area contributed by atoms with E-state index in [9.17, 15) is 14.7 Å². The van der Waals surface area contributed by atoms with Gasteiger partial charge in [0.15, 0.2) is 0 Å². The highest BCUT2D eigenvalue weighted by molar-refractivity contribution is 6.34. The van der Waals surface area contributed by atoms with E-state index in [4.69, 9.17) is 27.9 Å². The molecule has 1 aliphatic heterocycles. The van der Waals surface area contributed by atoms with Gasteiger partial charge in [0.1, 0.15) is 17.6 Å². The summed E-state index contributed by atoms with van der Waals surface area (Å²) in [4.78, 5) is 25.9. The lowest BCUT2D eigenvalue weighted by atomic mass is 10.0. The molecule has 2 aromatic rings. The molecule has 2 aliphatic rings. The summed E-state index contributed by atoms with van der Waals surface area (Å²) in [5.74, 6) is -1.41. The maximum atomic E-state index is 15.1. The maximum Gasteiger partial charge on any atom is 0.326 e. The smallest absolute Gasteiger partial charge is 0.326 e. The van der Waals surface area contributed by atoms with Crippen molar-refractivity contribution in [3.63, 3.8) is 0 Å². The Morgan fingerprint density at radius 1 is 1.18 bits per heavy atom. The molecule has 1 saturated carbocycles. The second kappa shape index (κ2) is 12.4. The standard InChI is InChI=1S/C29H33Cl2FN2O4/c1-3-18(8-9-33-17(2)20-11-21(30)13-22(31)12-20)16-38-27-15-25(32)24(14-23(27)19-6-7-19)28(35)34-10-4-5-26(34)29(36)37/h11-15,18-19,26,33H,2-10,16H2,1H3,(H,36,37). The van der Waals surface area contributed by atoms with Crippen LogP contribution in [-0.4, -0.2) is 47.6 Å². The van der Waals surface area contributed by atoms with Crippen LogP contribution in [-0.2, 0) is 4.79 Å². The lowest BCUT2D eigenvalue weighted by Crippen LogP contribution is -2.40. The second-order valence-electron chi connectivity index (χ2n) is 10.1. The zero-order chi connectivity index (χ0) is 27.4. The molecular formula is C29H33Cl2FN2O4. The Morgan fingerprint density at radius 3 is 2.53 bits per heavy atom. The van der Waals surface area contributed by atoms with Crippen molar-refractivity contribution in [3.8, 4) is 5.75 Å². The van der Waals surface area contributed by atoms with Crippen molar-refractivity contribution in [2.24, 2.45) is 5.92 Å². The van der Waals surface area contributed by atoms with E-state index in [1.807, 2.05) is 0 Å². The van der Waals surface area contributed by atoms with Gasteiger partial charge in [0.25, 0.3) is 5.91 Å². The lowest BCUT2D eigenvalue weighted by Gasteiger charge is -2.23. The molecule has 204 valence electrons. The van der Waals surface area contributed by atoms with Gasteiger partial charge in [-0.1, -0.05) is 36.7 Å². The van der Waals surface area contributed by atoms with Gasteiger partial charge in [-0.2, -0.15) is 0 Å². The van der Waals surface area contributed by atoms with Crippen LogP contribution < -0.4 is 10.1 Å². The van der Waals surface area contributed by atoms with Crippen molar-refractivity contribution in [1.82, 2.24) is 10.2 Å². The molecule has 1 amide bonds. The topological polar surface area (TPSA) is 78.9 Å². The summed E-state index contributed by atoms with van der Waals surface area (Å²) in [6.07, 6.45) is 4.57. The monoisotopic (exact) mass is 562 g/mol. The van der Waals surface area contributed by atoms with Crippen molar-refractivity contribution in [1.29, 1.82) is 0 Å². The predicted molar refractivity (Wildman–Crippen MR) is 147 cm³/mol. The zero-order valence-electron chi connectivity index (χ0n) is 21.4. The molecule has 0 radical (unpaired) electrons. The summed E-state index contributed by atoms with van der Waals surface area (Å²) in [7, 11) is 0. The van der Waals surface area contributed by atoms with E-state index >= 15 is 4.39 Å². The average molecular weight is 563 g/mol. The fourth-order valence-electron chi connectivity index (χ4n) is 4.87. The van der Waals surface area contributed by atoms with Gasteiger partial charge in [-0.15, -0.1) is 0 Å². The third-order valence-electron chi connectivity index (χ3n) is 7.30. The quantitative estimate of drug-likeness (QED) is 0.299. The Kier molecular flexibility index (Phi) is 9.21. The van der Waals surface area contributed by atoms with Crippen LogP contribution in [0.4, 0.5) is 4.39 Å². The van der Waals surface area contributed by atoms with Crippen molar-refractivity contribution in [2.75, 3.05) is 19.7 Å². The molecule has 0 spiro atoms. The fraction of sp³-hybridized carbons (Fsp3) is 0.448. The minimum Gasteiger partial charge on any atom is -0.493 e. The van der Waals surface area contributed by atoms with Gasteiger partial charge < -0.3 is 20.1 Å². The number of likely N-dealkylation sites (tertiary alicyclic amines) is 1. The number of hydrogen-bond acceptors (Lipinski definition) is 4. The number of halogens is 3. The Morgan fingerprint density at radius 2 is 1.89 bits per heavy atom. The van der Waals surface area contributed by atoms with E-state index in [-0.39, 0.29) is 17.4 Å². The van der Waals surface area contributed by atoms with E-state index in [2.05, 4.69) is 18.8 Å². The van der Waals surface area contributed by atoms with Crippen molar-refractivity contribution < 1.29 is 23.8 Å². The molecule has 38 heavy (non-hydrogen) atoms. The minimum atomic E-state index is -1.06. The fourth-order valence-corrected chi connectivity index (χ4v) is 5.39. The first kappa shape index (κ1) is 28.2. The highest BCUT2D eigenvalue weighted by atomic mass is 35.5. The number of nitrogens with one attached hydrogen (secondary N) is 1. The summed E-state index contributed by atoms with van der Waals surface area (Å²) in [6.45, 7) is 7.55. The molecule has 2 fully saturated rings. The van der Waals surface area contributed by atoms with Crippen molar-refractivity contribution >= 4 is 40.8 Å². The number of carboxylic acid groups (broad SMARTS) is 1. The van der Waals surface area contributed by atoms with Crippen molar-refractivity contribution in [2.45, 2.75) is 57.4 Å². The summed E-state index contributed by atoms with van der Waals surface area (Å²) in [5.41, 5.74) is 2.30. The lowest BCUT2D eigenvalue weighted by molar-refractivity contribution is -0.141. The van der Waals surface area contributed by atoms with Crippen LogP contribution in [0.2, 0.25) is 10.0 Å². The molecule has 0 aromatic heterocycles. The van der Waals surface area contributed by atoms with Crippen LogP contribution in [0.1, 0.15) is 72.9 Å². The van der Waals surface area contributed by atoms with Crippen LogP contribution in [0.5, 0.6) is 5.75 Å². The molecule has 6 nitrogen and oxygen atoms in total. The first-order chi connectivity index (χ1) is 18.2. The zero-order valence-corrected chi connectivity index (χ0v) is 23.0. The number of nitrogens with zero attached hydrogens (tertiary/aromatic N) is 1. The average Bonchev–Trinajstić information content (AvgIpc) is 3.59. The number of carbonyl (C=O) groups is 2. The van der Waals surface area contributed by atoms with Gasteiger partial charge >= 0.3 is 5.97 Å². The second-order valence-corrected chi connectivity index (χ2v) is 10.9. The van der Waals surface area contributed by atoms with E-state index in [1.165, 1.54) is 11.0 Å². The maximum absolute atomic E-state index is 15.1. The Balaban J connectivity index is 1.38. The van der Waals surface area contributed by atoms with Gasteiger partial charge in [-0.05, 0) is 85.8 Å². The van der Waals surface area contributed by atoms with Gasteiger partial charge in [0, 0.05) is 34.9 Å². The largest absolute Gasteiger partial charge is 0.493 e. The summed E-state index contributed by atoms with van der Waals surface area (Å²) in [6, 6.07) is 7.24. The molecule has 1 saturated heterocycles. The van der Waals surface area contributed by atoms with Crippen LogP contribution in [0.3, 0.4) is 0 Å². The number of carboxylic acids is 1. The van der Waals surface area contributed by atoms with E-state index in [0.717, 1.165) is 42.5 Å². The summed E-state index contributed by atoms with van der Waals surface area (Å²) < 4.78 is 21.3.